The van der Waals surface area contributed by atoms with Gasteiger partial charge in [-0.2, -0.15) is 4.98 Å². The van der Waals surface area contributed by atoms with Crippen LogP contribution in [0.15, 0.2) is 53.1 Å². The van der Waals surface area contributed by atoms with Crippen LogP contribution in [0.1, 0.15) is 6.92 Å². The predicted molar refractivity (Wildman–Crippen MR) is 87.8 cm³/mol. The number of hydrogen-bond donors (Lipinski definition) is 0. The van der Waals surface area contributed by atoms with Gasteiger partial charge < -0.3 is 14.0 Å². The quantitative estimate of drug-likeness (QED) is 0.652. The molecule has 2 aromatic carbocycles. The molecule has 0 aliphatic rings. The number of nitrogens with zero attached hydrogens (tertiary/aromatic N) is 2. The number of rotatable bonds is 7. The van der Waals surface area contributed by atoms with E-state index in [4.69, 9.17) is 14.0 Å². The Hall–Kier alpha value is -2.89. The van der Waals surface area contributed by atoms with E-state index in [0.29, 0.717) is 35.4 Å². The van der Waals surface area contributed by atoms with Gasteiger partial charge in [0.1, 0.15) is 13.3 Å². The fraction of sp³-hybridized carbons (Fsp3) is 0.222. The first-order valence-corrected chi connectivity index (χ1v) is 7.67. The molecule has 0 spiro atoms. The average molecular weight is 327 g/mol. The Morgan fingerprint density at radius 3 is 2.58 bits per heavy atom. The summed E-state index contributed by atoms with van der Waals surface area (Å²) in [5.74, 6) is 1.90. The highest BCUT2D eigenvalue weighted by atomic mass is 18.2. The van der Waals surface area contributed by atoms with Crippen molar-refractivity contribution < 1.29 is 18.4 Å². The van der Waals surface area contributed by atoms with Crippen molar-refractivity contribution in [1.29, 1.82) is 0 Å². The zero-order valence-corrected chi connectivity index (χ0v) is 13.2. The number of hydrogen-bond acceptors (Lipinski definition) is 5. The molecule has 0 aliphatic carbocycles. The third-order valence-corrected chi connectivity index (χ3v) is 3.28. The van der Waals surface area contributed by atoms with Crippen LogP contribution in [0, 0.1) is 0 Å². The molecule has 1 aromatic heterocycles. The number of aromatic nitrogens is 2. The van der Waals surface area contributed by atoms with E-state index in [-0.39, 0.29) is 6.61 Å². The summed E-state index contributed by atoms with van der Waals surface area (Å²) in [5, 5.41) is 4.00. The molecule has 0 N–H and O–H groups in total. The molecule has 3 aromatic rings. The minimum Gasteiger partial charge on any atom is -0.490 e. The summed E-state index contributed by atoms with van der Waals surface area (Å²) in [4.78, 5) is 4.41. The Bertz CT molecular complexity index is 790. The number of halogens is 1. The van der Waals surface area contributed by atoms with Crippen molar-refractivity contribution in [2.24, 2.45) is 0 Å². The van der Waals surface area contributed by atoms with Crippen molar-refractivity contribution in [1.82, 2.24) is 10.1 Å². The van der Waals surface area contributed by atoms with Gasteiger partial charge in [0.15, 0.2) is 11.5 Å². The third kappa shape index (κ3) is 3.53. The Morgan fingerprint density at radius 2 is 1.83 bits per heavy atom. The second-order valence-electron chi connectivity index (χ2n) is 4.92. The maximum atomic E-state index is 12.3. The van der Waals surface area contributed by atoms with Crippen LogP contribution in [-0.2, 0) is 0 Å². The van der Waals surface area contributed by atoms with E-state index >= 15 is 0 Å². The second kappa shape index (κ2) is 7.59. The van der Waals surface area contributed by atoms with Crippen LogP contribution >= 0.6 is 0 Å². The molecule has 0 saturated carbocycles. The molecule has 124 valence electrons. The van der Waals surface area contributed by atoms with Crippen molar-refractivity contribution in [3.8, 4) is 34.3 Å². The zero-order valence-electron chi connectivity index (χ0n) is 13.2. The van der Waals surface area contributed by atoms with Gasteiger partial charge in [0.2, 0.25) is 5.82 Å². The van der Waals surface area contributed by atoms with Crippen LogP contribution in [0.25, 0.3) is 22.8 Å². The molecule has 0 amide bonds. The summed E-state index contributed by atoms with van der Waals surface area (Å²) < 4.78 is 28.5. The minimum absolute atomic E-state index is 0.0157. The summed E-state index contributed by atoms with van der Waals surface area (Å²) >= 11 is 0. The lowest BCUT2D eigenvalue weighted by molar-refractivity contribution is 0.251. The van der Waals surface area contributed by atoms with Gasteiger partial charge in [0.25, 0.3) is 5.89 Å². The lowest BCUT2D eigenvalue weighted by Gasteiger charge is -2.11. The van der Waals surface area contributed by atoms with Crippen LogP contribution in [-0.4, -0.2) is 30.0 Å². The Morgan fingerprint density at radius 1 is 1.00 bits per heavy atom. The predicted octanol–water partition coefficient (Wildman–Crippen LogP) is 4.15. The van der Waals surface area contributed by atoms with Gasteiger partial charge in [-0.15, -0.1) is 0 Å². The summed E-state index contributed by atoms with van der Waals surface area (Å²) in [6, 6.07) is 14.8. The molecule has 0 radical (unpaired) electrons. The lowest BCUT2D eigenvalue weighted by atomic mass is 10.2. The summed E-state index contributed by atoms with van der Waals surface area (Å²) in [7, 11) is 0. The molecule has 24 heavy (non-hydrogen) atoms. The standard InChI is InChI=1S/C18H17FN2O3/c1-2-22-16-12-14(8-9-15(16)23-11-10-19)18-20-17(21-24-18)13-6-4-3-5-7-13/h3-9,12H,2,10-11H2,1H3/i19-1. The van der Waals surface area contributed by atoms with Crippen LogP contribution in [0.2, 0.25) is 0 Å². The molecule has 0 aliphatic heterocycles. The molecular formula is C18H17FN2O3. The molecule has 0 saturated heterocycles. The summed E-state index contributed by atoms with van der Waals surface area (Å²) in [6.07, 6.45) is 0. The molecule has 0 unspecified atom stereocenters. The monoisotopic (exact) mass is 327 g/mol. The topological polar surface area (TPSA) is 57.4 Å². The van der Waals surface area contributed by atoms with Crippen molar-refractivity contribution in [2.75, 3.05) is 19.9 Å². The first kappa shape index (κ1) is 16.0. The van der Waals surface area contributed by atoms with Gasteiger partial charge in [-0.05, 0) is 25.1 Å². The maximum absolute atomic E-state index is 12.3. The van der Waals surface area contributed by atoms with E-state index < -0.39 is 6.67 Å². The van der Waals surface area contributed by atoms with E-state index in [1.54, 1.807) is 18.2 Å². The Labute approximate surface area is 139 Å². The fourth-order valence-electron chi connectivity index (χ4n) is 2.22. The highest BCUT2D eigenvalue weighted by Crippen LogP contribution is 2.33. The van der Waals surface area contributed by atoms with E-state index in [1.165, 1.54) is 0 Å². The van der Waals surface area contributed by atoms with Gasteiger partial charge in [-0.3, -0.25) is 0 Å². The van der Waals surface area contributed by atoms with Gasteiger partial charge in [0, 0.05) is 11.1 Å². The van der Waals surface area contributed by atoms with E-state index in [0.717, 1.165) is 5.56 Å². The fourth-order valence-corrected chi connectivity index (χ4v) is 2.22. The number of alkyl halides is 1. The van der Waals surface area contributed by atoms with Crippen molar-refractivity contribution in [3.63, 3.8) is 0 Å². The lowest BCUT2D eigenvalue weighted by Crippen LogP contribution is -2.02. The Kier molecular flexibility index (Phi) is 5.05. The van der Waals surface area contributed by atoms with Crippen LogP contribution < -0.4 is 9.47 Å². The first-order valence-electron chi connectivity index (χ1n) is 7.67. The van der Waals surface area contributed by atoms with Gasteiger partial charge in [0.05, 0.1) is 6.61 Å². The first-order chi connectivity index (χ1) is 11.8. The SMILES string of the molecule is CCOc1cc(-c2nc(-c3ccccc3)no2)ccc1OCC[18F]. The highest BCUT2D eigenvalue weighted by Gasteiger charge is 2.14. The molecule has 0 atom stereocenters. The minimum atomic E-state index is -0.558. The van der Waals surface area contributed by atoms with Gasteiger partial charge in [-0.1, -0.05) is 35.5 Å². The maximum Gasteiger partial charge on any atom is 0.258 e. The van der Waals surface area contributed by atoms with Gasteiger partial charge in [-0.25, -0.2) is 4.39 Å². The van der Waals surface area contributed by atoms with Crippen LogP contribution in [0.4, 0.5) is 4.39 Å². The van der Waals surface area contributed by atoms with E-state index in [1.807, 2.05) is 37.3 Å². The highest BCUT2D eigenvalue weighted by molar-refractivity contribution is 5.63. The molecule has 5 nitrogen and oxygen atoms in total. The normalized spacial score (nSPS) is 10.6. The van der Waals surface area contributed by atoms with E-state index in [9.17, 15) is 4.39 Å². The van der Waals surface area contributed by atoms with Gasteiger partial charge >= 0.3 is 0 Å². The third-order valence-electron chi connectivity index (χ3n) is 3.28. The molecular weight excluding hydrogens is 310 g/mol. The second-order valence-corrected chi connectivity index (χ2v) is 4.92. The summed E-state index contributed by atoms with van der Waals surface area (Å²) in [6.45, 7) is 1.76. The van der Waals surface area contributed by atoms with Crippen molar-refractivity contribution in [2.45, 2.75) is 6.92 Å². The molecule has 0 fully saturated rings. The smallest absolute Gasteiger partial charge is 0.258 e. The average Bonchev–Trinajstić information content (AvgIpc) is 3.12. The zero-order chi connectivity index (χ0) is 16.8. The molecule has 3 rings (SSSR count). The number of benzene rings is 2. The molecule has 0 bridgehead atoms. The molecule has 1 heterocycles. The number of ether oxygens (including phenoxy) is 2. The van der Waals surface area contributed by atoms with E-state index in [2.05, 4.69) is 10.1 Å². The Balaban J connectivity index is 1.89. The molecule has 6 heteroatoms. The largest absolute Gasteiger partial charge is 0.490 e. The summed E-state index contributed by atoms with van der Waals surface area (Å²) in [5.41, 5.74) is 1.58. The van der Waals surface area contributed by atoms with Crippen LogP contribution in [0.3, 0.4) is 0 Å². The van der Waals surface area contributed by atoms with Crippen LogP contribution in [0.5, 0.6) is 11.5 Å². The van der Waals surface area contributed by atoms with Crippen molar-refractivity contribution in [3.05, 3.63) is 48.5 Å². The van der Waals surface area contributed by atoms with Crippen molar-refractivity contribution >= 4 is 0 Å².